The highest BCUT2D eigenvalue weighted by Gasteiger charge is 2.06. The number of rotatable bonds is 2. The predicted molar refractivity (Wildman–Crippen MR) is 70.0 cm³/mol. The van der Waals surface area contributed by atoms with Gasteiger partial charge in [0.15, 0.2) is 5.76 Å². The molecule has 2 aromatic heterocycles. The van der Waals surface area contributed by atoms with Crippen molar-refractivity contribution >= 4 is 54.7 Å². The summed E-state index contributed by atoms with van der Waals surface area (Å²) in [5.41, 5.74) is 0. The van der Waals surface area contributed by atoms with E-state index in [9.17, 15) is 9.59 Å². The van der Waals surface area contributed by atoms with Crippen molar-refractivity contribution < 1.29 is 23.5 Å². The van der Waals surface area contributed by atoms with Gasteiger partial charge in [-0.25, -0.2) is 4.79 Å². The average Bonchev–Trinajstić information content (AvgIpc) is 2.88. The number of furan rings is 2. The van der Waals surface area contributed by atoms with Crippen LogP contribution in [0.2, 0.25) is 0 Å². The zero-order chi connectivity index (χ0) is 13.7. The van der Waals surface area contributed by atoms with Crippen molar-refractivity contribution in [1.82, 2.24) is 0 Å². The summed E-state index contributed by atoms with van der Waals surface area (Å²) >= 11 is 11.2. The van der Waals surface area contributed by atoms with Crippen LogP contribution in [0.15, 0.2) is 42.4 Å². The first-order valence-corrected chi connectivity index (χ1v) is 6.27. The molecule has 0 saturated carbocycles. The Kier molecular flexibility index (Phi) is 5.64. The summed E-state index contributed by atoms with van der Waals surface area (Å²) in [6.07, 6.45) is 2.72. The molecule has 0 saturated heterocycles. The van der Waals surface area contributed by atoms with Crippen LogP contribution in [0.4, 0.5) is 0 Å². The van der Waals surface area contributed by atoms with Gasteiger partial charge in [-0.2, -0.15) is 0 Å². The zero-order valence-corrected chi connectivity index (χ0v) is 12.5. The lowest BCUT2D eigenvalue weighted by atomic mass is 10.5. The lowest BCUT2D eigenvalue weighted by Crippen LogP contribution is -1.91. The van der Waals surface area contributed by atoms with Gasteiger partial charge in [0.2, 0.25) is 5.76 Å². The van der Waals surface area contributed by atoms with Gasteiger partial charge < -0.3 is 13.9 Å². The minimum Gasteiger partial charge on any atom is -0.475 e. The maximum absolute atomic E-state index is 10.3. The summed E-state index contributed by atoms with van der Waals surface area (Å²) in [6, 6.07) is 2.90. The highest BCUT2D eigenvalue weighted by atomic mass is 79.9. The van der Waals surface area contributed by atoms with Crippen molar-refractivity contribution in [2.24, 2.45) is 0 Å². The van der Waals surface area contributed by atoms with Gasteiger partial charge in [-0.05, 0) is 43.5 Å². The van der Waals surface area contributed by atoms with Crippen LogP contribution in [0.3, 0.4) is 0 Å². The highest BCUT2D eigenvalue weighted by molar-refractivity contribution is 9.10. The lowest BCUT2D eigenvalue weighted by molar-refractivity contribution is 0.0662. The molecule has 8 heteroatoms. The van der Waals surface area contributed by atoms with E-state index in [0.29, 0.717) is 8.95 Å². The molecule has 0 spiro atoms. The van der Waals surface area contributed by atoms with Gasteiger partial charge in [0.25, 0.3) is 5.24 Å². The fourth-order valence-corrected chi connectivity index (χ4v) is 1.54. The van der Waals surface area contributed by atoms with Crippen molar-refractivity contribution in [3.05, 3.63) is 45.1 Å². The number of carbonyl (C=O) groups is 2. The molecule has 0 unspecified atom stereocenters. The van der Waals surface area contributed by atoms with Crippen molar-refractivity contribution in [3.63, 3.8) is 0 Å². The van der Waals surface area contributed by atoms with Gasteiger partial charge >= 0.3 is 5.97 Å². The Morgan fingerprint density at radius 2 is 1.50 bits per heavy atom. The maximum atomic E-state index is 10.3. The predicted octanol–water partition coefficient (Wildman–Crippen LogP) is 4.16. The lowest BCUT2D eigenvalue weighted by Gasteiger charge is -1.79. The van der Waals surface area contributed by atoms with Crippen LogP contribution >= 0.6 is 43.5 Å². The zero-order valence-electron chi connectivity index (χ0n) is 8.52. The third-order valence-corrected chi connectivity index (χ3v) is 2.56. The number of halogens is 3. The molecule has 0 amide bonds. The van der Waals surface area contributed by atoms with Crippen LogP contribution in [0, 0.1) is 0 Å². The summed E-state index contributed by atoms with van der Waals surface area (Å²) in [5.74, 6) is -0.953. The topological polar surface area (TPSA) is 80.7 Å². The molecular formula is C10H5Br2ClO5. The van der Waals surface area contributed by atoms with Crippen LogP contribution in [-0.4, -0.2) is 16.3 Å². The summed E-state index contributed by atoms with van der Waals surface area (Å²) in [4.78, 5) is 20.4. The van der Waals surface area contributed by atoms with Gasteiger partial charge in [0.05, 0.1) is 8.95 Å². The van der Waals surface area contributed by atoms with Gasteiger partial charge in [-0.3, -0.25) is 4.79 Å². The Morgan fingerprint density at radius 1 is 1.06 bits per heavy atom. The van der Waals surface area contributed by atoms with Crippen LogP contribution in [0.5, 0.6) is 0 Å². The van der Waals surface area contributed by atoms with E-state index in [4.69, 9.17) is 21.1 Å². The van der Waals surface area contributed by atoms with E-state index in [1.807, 2.05) is 0 Å². The maximum Gasteiger partial charge on any atom is 0.371 e. The SMILES string of the molecule is O=C(Cl)c1cc(Br)co1.O=C(O)c1cc(Br)co1. The third-order valence-electron chi connectivity index (χ3n) is 1.54. The van der Waals surface area contributed by atoms with Crippen molar-refractivity contribution in [2.75, 3.05) is 0 Å². The number of carboxylic acid groups (broad SMARTS) is 1. The molecule has 0 aliphatic heterocycles. The first-order valence-electron chi connectivity index (χ1n) is 4.31. The van der Waals surface area contributed by atoms with Gasteiger partial charge in [-0.15, -0.1) is 0 Å². The molecule has 0 aliphatic rings. The minimum absolute atomic E-state index is 0.0538. The quantitative estimate of drug-likeness (QED) is 0.766. The fraction of sp³-hybridized carbons (Fsp3) is 0. The van der Waals surface area contributed by atoms with Crippen LogP contribution in [0.25, 0.3) is 0 Å². The summed E-state index contributed by atoms with van der Waals surface area (Å²) in [5, 5.41) is 7.70. The van der Waals surface area contributed by atoms with Gasteiger partial charge in [-0.1, -0.05) is 0 Å². The van der Waals surface area contributed by atoms with Crippen LogP contribution in [0.1, 0.15) is 21.1 Å². The normalized spacial score (nSPS) is 9.50. The standard InChI is InChI=1S/C5H2BrClO2.C5H3BrO3/c2*6-3-1-4(5(7)8)9-2-3/h1-2H;1-2H,(H,7,8). The number of hydrogen-bond acceptors (Lipinski definition) is 4. The van der Waals surface area contributed by atoms with Gasteiger partial charge in [0, 0.05) is 12.1 Å². The van der Waals surface area contributed by atoms with E-state index in [0.717, 1.165) is 0 Å². The molecule has 2 rings (SSSR count). The molecule has 1 N–H and O–H groups in total. The molecule has 5 nitrogen and oxygen atoms in total. The highest BCUT2D eigenvalue weighted by Crippen LogP contribution is 2.15. The average molecular weight is 400 g/mol. The molecule has 0 radical (unpaired) electrons. The van der Waals surface area contributed by atoms with E-state index >= 15 is 0 Å². The summed E-state index contributed by atoms with van der Waals surface area (Å²) in [7, 11) is 0. The number of carboxylic acids is 1. The molecular weight excluding hydrogens is 395 g/mol. The molecule has 2 heterocycles. The smallest absolute Gasteiger partial charge is 0.371 e. The Hall–Kier alpha value is -1.05. The van der Waals surface area contributed by atoms with E-state index in [1.165, 1.54) is 24.7 Å². The molecule has 0 aromatic carbocycles. The third kappa shape index (κ3) is 4.67. The molecule has 0 atom stereocenters. The monoisotopic (exact) mass is 398 g/mol. The van der Waals surface area contributed by atoms with Crippen molar-refractivity contribution in [1.29, 1.82) is 0 Å². The summed E-state index contributed by atoms with van der Waals surface area (Å²) < 4.78 is 10.6. The Labute approximate surface area is 123 Å². The Morgan fingerprint density at radius 3 is 1.67 bits per heavy atom. The molecule has 2 aromatic rings. The second-order valence-corrected chi connectivity index (χ2v) is 5.01. The Bertz CT molecular complexity index is 510. The van der Waals surface area contributed by atoms with Crippen LogP contribution in [-0.2, 0) is 0 Å². The second-order valence-electron chi connectivity index (χ2n) is 2.84. The summed E-state index contributed by atoms with van der Waals surface area (Å²) in [6.45, 7) is 0. The number of carbonyl (C=O) groups excluding carboxylic acids is 1. The van der Waals surface area contributed by atoms with Gasteiger partial charge in [0.1, 0.15) is 12.5 Å². The van der Waals surface area contributed by atoms with Crippen LogP contribution < -0.4 is 0 Å². The van der Waals surface area contributed by atoms with E-state index < -0.39 is 11.2 Å². The van der Waals surface area contributed by atoms with E-state index in [-0.39, 0.29) is 11.5 Å². The molecule has 18 heavy (non-hydrogen) atoms. The first-order chi connectivity index (χ1) is 8.40. The number of aromatic carboxylic acids is 1. The van der Waals surface area contributed by atoms with E-state index in [1.54, 1.807) is 0 Å². The van der Waals surface area contributed by atoms with Crippen molar-refractivity contribution in [3.8, 4) is 0 Å². The minimum atomic E-state index is -1.05. The number of hydrogen-bond donors (Lipinski definition) is 1. The Balaban J connectivity index is 0.000000180. The van der Waals surface area contributed by atoms with E-state index in [2.05, 4.69) is 36.3 Å². The molecule has 96 valence electrons. The van der Waals surface area contributed by atoms with Crippen molar-refractivity contribution in [2.45, 2.75) is 0 Å². The molecule has 0 fully saturated rings. The molecule has 0 bridgehead atoms. The molecule has 0 aliphatic carbocycles. The second kappa shape index (κ2) is 6.77. The largest absolute Gasteiger partial charge is 0.475 e. The first kappa shape index (κ1) is 15.0. The fourth-order valence-electron chi connectivity index (χ4n) is 0.841.